The van der Waals surface area contributed by atoms with Gasteiger partial charge >= 0.3 is 6.18 Å². The summed E-state index contributed by atoms with van der Waals surface area (Å²) in [7, 11) is 0. The minimum absolute atomic E-state index is 0.0612. The zero-order valence-electron chi connectivity index (χ0n) is 9.16. The SMILES string of the molecule is Cc1c(O)c(C(F)(F)F)nn1-c1ccc(F)cc1. The van der Waals surface area contributed by atoms with Crippen LogP contribution in [0.1, 0.15) is 11.4 Å². The molecule has 18 heavy (non-hydrogen) atoms. The summed E-state index contributed by atoms with van der Waals surface area (Å²) in [6, 6.07) is 4.74. The standard InChI is InChI=1S/C11H8F4N2O/c1-6-9(18)10(11(13,14)15)16-17(6)8-4-2-7(12)3-5-8/h2-5,18H,1H3. The molecule has 0 aliphatic rings. The van der Waals surface area contributed by atoms with Crippen molar-refractivity contribution in [3.05, 3.63) is 41.5 Å². The quantitative estimate of drug-likeness (QED) is 0.800. The lowest BCUT2D eigenvalue weighted by atomic mass is 10.3. The number of rotatable bonds is 1. The lowest BCUT2D eigenvalue weighted by molar-refractivity contribution is -0.142. The van der Waals surface area contributed by atoms with E-state index in [4.69, 9.17) is 0 Å². The minimum Gasteiger partial charge on any atom is -0.504 e. The summed E-state index contributed by atoms with van der Waals surface area (Å²) in [5, 5.41) is 12.7. The zero-order valence-corrected chi connectivity index (χ0v) is 9.16. The van der Waals surface area contributed by atoms with E-state index in [2.05, 4.69) is 5.10 Å². The second kappa shape index (κ2) is 4.01. The van der Waals surface area contributed by atoms with Crippen LogP contribution in [0.2, 0.25) is 0 Å². The van der Waals surface area contributed by atoms with Gasteiger partial charge in [-0.3, -0.25) is 0 Å². The Morgan fingerprint density at radius 3 is 2.17 bits per heavy atom. The fourth-order valence-electron chi connectivity index (χ4n) is 1.52. The van der Waals surface area contributed by atoms with Crippen LogP contribution in [0.5, 0.6) is 5.75 Å². The van der Waals surface area contributed by atoms with E-state index in [9.17, 15) is 22.7 Å². The molecular weight excluding hydrogens is 252 g/mol. The molecule has 0 unspecified atom stereocenters. The van der Waals surface area contributed by atoms with Crippen LogP contribution >= 0.6 is 0 Å². The van der Waals surface area contributed by atoms with Crippen molar-refractivity contribution in [3.63, 3.8) is 0 Å². The van der Waals surface area contributed by atoms with Gasteiger partial charge in [-0.05, 0) is 31.2 Å². The number of benzene rings is 1. The van der Waals surface area contributed by atoms with Gasteiger partial charge in [0.15, 0.2) is 5.75 Å². The van der Waals surface area contributed by atoms with Gasteiger partial charge in [0.25, 0.3) is 0 Å². The molecule has 0 bridgehead atoms. The second-order valence-electron chi connectivity index (χ2n) is 3.67. The first-order valence-corrected chi connectivity index (χ1v) is 4.92. The van der Waals surface area contributed by atoms with E-state index < -0.39 is 23.4 Å². The fraction of sp³-hybridized carbons (Fsp3) is 0.182. The van der Waals surface area contributed by atoms with Crippen LogP contribution in [0.15, 0.2) is 24.3 Å². The maximum Gasteiger partial charge on any atom is 0.438 e. The molecule has 3 nitrogen and oxygen atoms in total. The maximum atomic E-state index is 12.7. The van der Waals surface area contributed by atoms with Gasteiger partial charge < -0.3 is 5.11 Å². The maximum absolute atomic E-state index is 12.7. The average molecular weight is 260 g/mol. The van der Waals surface area contributed by atoms with Gasteiger partial charge in [-0.25, -0.2) is 9.07 Å². The zero-order chi connectivity index (χ0) is 13.5. The van der Waals surface area contributed by atoms with Crippen molar-refractivity contribution in [2.75, 3.05) is 0 Å². The predicted octanol–water partition coefficient (Wildman–Crippen LogP) is 3.04. The molecule has 7 heteroatoms. The van der Waals surface area contributed by atoms with Crippen LogP contribution in [-0.2, 0) is 6.18 Å². The highest BCUT2D eigenvalue weighted by Gasteiger charge is 2.39. The molecule has 0 saturated carbocycles. The molecule has 0 saturated heterocycles. The molecule has 0 aliphatic carbocycles. The molecule has 1 N–H and O–H groups in total. The van der Waals surface area contributed by atoms with Crippen molar-refractivity contribution in [1.82, 2.24) is 9.78 Å². The summed E-state index contributed by atoms with van der Waals surface area (Å²) < 4.78 is 51.2. The molecule has 0 spiro atoms. The number of aromatic hydroxyl groups is 1. The molecule has 0 amide bonds. The highest BCUT2D eigenvalue weighted by Crippen LogP contribution is 2.37. The Hall–Kier alpha value is -2.05. The van der Waals surface area contributed by atoms with Crippen molar-refractivity contribution in [2.24, 2.45) is 0 Å². The van der Waals surface area contributed by atoms with Crippen LogP contribution < -0.4 is 0 Å². The smallest absolute Gasteiger partial charge is 0.438 e. The van der Waals surface area contributed by atoms with Crippen molar-refractivity contribution in [2.45, 2.75) is 13.1 Å². The molecule has 0 fully saturated rings. The highest BCUT2D eigenvalue weighted by atomic mass is 19.4. The normalized spacial score (nSPS) is 11.8. The van der Waals surface area contributed by atoms with Crippen LogP contribution in [0.3, 0.4) is 0 Å². The molecule has 0 atom stereocenters. The van der Waals surface area contributed by atoms with Crippen LogP contribution in [0.25, 0.3) is 5.69 Å². The van der Waals surface area contributed by atoms with Crippen LogP contribution in [0, 0.1) is 12.7 Å². The van der Waals surface area contributed by atoms with Gasteiger partial charge in [0.05, 0.1) is 11.4 Å². The number of hydrogen-bond acceptors (Lipinski definition) is 2. The van der Waals surface area contributed by atoms with E-state index in [1.54, 1.807) is 0 Å². The second-order valence-corrected chi connectivity index (χ2v) is 3.67. The molecule has 2 aromatic rings. The summed E-state index contributed by atoms with van der Waals surface area (Å²) in [6.45, 7) is 1.29. The number of alkyl halides is 3. The first-order chi connectivity index (χ1) is 8.30. The van der Waals surface area contributed by atoms with Crippen LogP contribution in [-0.4, -0.2) is 14.9 Å². The Kier molecular flexibility index (Phi) is 2.76. The summed E-state index contributed by atoms with van der Waals surface area (Å²) in [5.41, 5.74) is -1.18. The first-order valence-electron chi connectivity index (χ1n) is 4.92. The Morgan fingerprint density at radius 1 is 1.17 bits per heavy atom. The van der Waals surface area contributed by atoms with Gasteiger partial charge in [0, 0.05) is 0 Å². The van der Waals surface area contributed by atoms with Crippen LogP contribution in [0.4, 0.5) is 17.6 Å². The third kappa shape index (κ3) is 2.03. The summed E-state index contributed by atoms with van der Waals surface area (Å²) in [4.78, 5) is 0. The topological polar surface area (TPSA) is 38.1 Å². The van der Waals surface area contributed by atoms with Crippen molar-refractivity contribution in [3.8, 4) is 11.4 Å². The minimum atomic E-state index is -4.74. The molecule has 2 rings (SSSR count). The Morgan fingerprint density at radius 2 is 1.72 bits per heavy atom. The van der Waals surface area contributed by atoms with Crippen molar-refractivity contribution in [1.29, 1.82) is 0 Å². The fourth-order valence-corrected chi connectivity index (χ4v) is 1.52. The van der Waals surface area contributed by atoms with Crippen molar-refractivity contribution < 1.29 is 22.7 Å². The average Bonchev–Trinajstić information content (AvgIpc) is 2.57. The summed E-state index contributed by atoms with van der Waals surface area (Å²) in [6.07, 6.45) is -4.74. The molecule has 1 aromatic heterocycles. The third-order valence-corrected chi connectivity index (χ3v) is 2.42. The van der Waals surface area contributed by atoms with E-state index in [0.29, 0.717) is 0 Å². The van der Waals surface area contributed by atoms with E-state index in [1.807, 2.05) is 0 Å². The molecule has 1 heterocycles. The van der Waals surface area contributed by atoms with E-state index in [0.717, 1.165) is 16.8 Å². The van der Waals surface area contributed by atoms with Gasteiger partial charge in [0.2, 0.25) is 5.69 Å². The molecule has 0 radical (unpaired) electrons. The lowest BCUT2D eigenvalue weighted by Crippen LogP contribution is -2.07. The van der Waals surface area contributed by atoms with E-state index >= 15 is 0 Å². The van der Waals surface area contributed by atoms with Gasteiger partial charge in [0.1, 0.15) is 5.82 Å². The monoisotopic (exact) mass is 260 g/mol. The predicted molar refractivity (Wildman–Crippen MR) is 54.9 cm³/mol. The van der Waals surface area contributed by atoms with Gasteiger partial charge in [-0.1, -0.05) is 0 Å². The van der Waals surface area contributed by atoms with Gasteiger partial charge in [-0.15, -0.1) is 0 Å². The number of aromatic nitrogens is 2. The van der Waals surface area contributed by atoms with Crippen molar-refractivity contribution >= 4 is 0 Å². The Bertz CT molecular complexity index is 572. The summed E-state index contributed by atoms with van der Waals surface area (Å²) in [5.74, 6) is -1.43. The molecule has 0 aliphatic heterocycles. The molecule has 1 aromatic carbocycles. The molecular formula is C11H8F4N2O. The largest absolute Gasteiger partial charge is 0.504 e. The lowest BCUT2D eigenvalue weighted by Gasteiger charge is -2.03. The summed E-state index contributed by atoms with van der Waals surface area (Å²) >= 11 is 0. The highest BCUT2D eigenvalue weighted by molar-refractivity contribution is 5.41. The van der Waals surface area contributed by atoms with E-state index in [1.165, 1.54) is 19.1 Å². The van der Waals surface area contributed by atoms with Gasteiger partial charge in [-0.2, -0.15) is 18.3 Å². The third-order valence-electron chi connectivity index (χ3n) is 2.42. The van der Waals surface area contributed by atoms with E-state index in [-0.39, 0.29) is 11.4 Å². The number of halogens is 4. The molecule has 96 valence electrons. The number of hydrogen-bond donors (Lipinski definition) is 1. The Balaban J connectivity index is 2.56. The first kappa shape index (κ1) is 12.4. The Labute approximate surface area is 99.3 Å². The number of nitrogens with zero attached hydrogens (tertiary/aromatic N) is 2.